The number of carboxylic acids is 1. The zero-order chi connectivity index (χ0) is 21.2. The molecule has 1 unspecified atom stereocenters. The van der Waals surface area contributed by atoms with Crippen molar-refractivity contribution in [2.75, 3.05) is 0 Å². The summed E-state index contributed by atoms with van der Waals surface area (Å²) in [6, 6.07) is 11.2. The number of aromatic amines is 1. The van der Waals surface area contributed by atoms with Crippen LogP contribution in [0.3, 0.4) is 0 Å². The summed E-state index contributed by atoms with van der Waals surface area (Å²) in [4.78, 5) is 17.6. The van der Waals surface area contributed by atoms with E-state index in [0.717, 1.165) is 12.1 Å². The number of imidazole rings is 1. The summed E-state index contributed by atoms with van der Waals surface area (Å²) < 4.78 is 46.3. The third-order valence-corrected chi connectivity index (χ3v) is 4.79. The number of H-pyrrole nitrogens is 1. The molecule has 2 N–H and O–H groups in total. The first-order valence-corrected chi connectivity index (χ1v) is 9.18. The van der Waals surface area contributed by atoms with E-state index in [2.05, 4.69) is 30.6 Å². The third-order valence-electron chi connectivity index (χ3n) is 3.58. The Morgan fingerprint density at radius 2 is 1.83 bits per heavy atom. The highest BCUT2D eigenvalue weighted by molar-refractivity contribution is 9.09. The molecular formula is C18H11BrClF3N2O4. The van der Waals surface area contributed by atoms with E-state index in [1.165, 1.54) is 12.1 Å². The topological polar surface area (TPSA) is 84.4 Å². The molecule has 6 nitrogen and oxygen atoms in total. The van der Waals surface area contributed by atoms with E-state index in [1.54, 1.807) is 24.3 Å². The number of rotatable bonds is 6. The maximum atomic E-state index is 12.4. The maximum absolute atomic E-state index is 12.4. The van der Waals surface area contributed by atoms with Crippen molar-refractivity contribution in [3.05, 3.63) is 70.5 Å². The van der Waals surface area contributed by atoms with E-state index < -0.39 is 22.9 Å². The monoisotopic (exact) mass is 490 g/mol. The first-order valence-electron chi connectivity index (χ1n) is 7.89. The highest BCUT2D eigenvalue weighted by Gasteiger charge is 2.31. The van der Waals surface area contributed by atoms with Crippen molar-refractivity contribution < 1.29 is 32.5 Å². The summed E-state index contributed by atoms with van der Waals surface area (Å²) in [6.07, 6.45) is -4.85. The first-order chi connectivity index (χ1) is 13.6. The molecule has 0 saturated heterocycles. The number of aromatic carboxylic acids is 1. The molecule has 0 aliphatic heterocycles. The van der Waals surface area contributed by atoms with Gasteiger partial charge in [0.25, 0.3) is 6.01 Å². The molecule has 29 heavy (non-hydrogen) atoms. The van der Waals surface area contributed by atoms with Gasteiger partial charge in [0.2, 0.25) is 0 Å². The van der Waals surface area contributed by atoms with Gasteiger partial charge in [0.15, 0.2) is 5.69 Å². The highest BCUT2D eigenvalue weighted by atomic mass is 79.9. The van der Waals surface area contributed by atoms with E-state index in [1.807, 2.05) is 0 Å². The second-order valence-electron chi connectivity index (χ2n) is 5.65. The Morgan fingerprint density at radius 3 is 2.45 bits per heavy atom. The lowest BCUT2D eigenvalue weighted by Gasteiger charge is -2.10. The van der Waals surface area contributed by atoms with Gasteiger partial charge in [0.05, 0.1) is 10.5 Å². The van der Waals surface area contributed by atoms with Crippen LogP contribution in [0.2, 0.25) is 5.02 Å². The van der Waals surface area contributed by atoms with Gasteiger partial charge < -0.3 is 19.6 Å². The minimum absolute atomic E-state index is 0.0263. The quantitative estimate of drug-likeness (QED) is 0.417. The second kappa shape index (κ2) is 8.34. The highest BCUT2D eigenvalue weighted by Crippen LogP contribution is 2.35. The van der Waals surface area contributed by atoms with Crippen molar-refractivity contribution in [1.29, 1.82) is 0 Å². The van der Waals surface area contributed by atoms with Crippen LogP contribution in [0.25, 0.3) is 0 Å². The first kappa shape index (κ1) is 21.0. The Morgan fingerprint density at radius 1 is 1.17 bits per heavy atom. The molecule has 1 heterocycles. The fourth-order valence-electron chi connectivity index (χ4n) is 2.40. The van der Waals surface area contributed by atoms with E-state index >= 15 is 0 Å². The van der Waals surface area contributed by atoms with Crippen LogP contribution in [0.4, 0.5) is 13.2 Å². The van der Waals surface area contributed by atoms with Gasteiger partial charge in [0.1, 0.15) is 11.5 Å². The van der Waals surface area contributed by atoms with Crippen LogP contribution in [0.1, 0.15) is 26.6 Å². The van der Waals surface area contributed by atoms with Gasteiger partial charge in [-0.1, -0.05) is 45.7 Å². The molecule has 1 aromatic heterocycles. The van der Waals surface area contributed by atoms with Gasteiger partial charge in [-0.3, -0.25) is 0 Å². The minimum atomic E-state index is -4.85. The number of nitrogens with one attached hydrogen (secondary N) is 1. The van der Waals surface area contributed by atoms with Crippen molar-refractivity contribution >= 4 is 33.5 Å². The van der Waals surface area contributed by atoms with Crippen LogP contribution in [0, 0.1) is 0 Å². The van der Waals surface area contributed by atoms with Crippen LogP contribution in [0.15, 0.2) is 48.5 Å². The Labute approximate surface area is 175 Å². The summed E-state index contributed by atoms with van der Waals surface area (Å²) in [5.74, 6) is -1.80. The molecule has 1 atom stereocenters. The number of hydrogen-bond acceptors (Lipinski definition) is 4. The molecule has 0 bridgehead atoms. The van der Waals surface area contributed by atoms with Gasteiger partial charge in [-0.25, -0.2) is 4.79 Å². The molecule has 0 aliphatic rings. The van der Waals surface area contributed by atoms with Crippen LogP contribution in [-0.2, 0) is 0 Å². The Bertz CT molecular complexity index is 1020. The van der Waals surface area contributed by atoms with E-state index in [0.29, 0.717) is 10.6 Å². The predicted octanol–water partition coefficient (Wildman–Crippen LogP) is 5.94. The van der Waals surface area contributed by atoms with Crippen LogP contribution in [0.5, 0.6) is 17.5 Å². The second-order valence-corrected chi connectivity index (χ2v) is 7.00. The fraction of sp³-hybridized carbons (Fsp3) is 0.111. The number of alkyl halides is 4. The number of nitrogens with zero attached hydrogens (tertiary/aromatic N) is 1. The Balaban J connectivity index is 1.88. The number of aromatic nitrogens is 2. The predicted molar refractivity (Wildman–Crippen MR) is 101 cm³/mol. The number of carboxylic acid groups (broad SMARTS) is 1. The van der Waals surface area contributed by atoms with Gasteiger partial charge in [-0.05, 0) is 29.8 Å². The standard InChI is InChI=1S/C18H11BrClF3N2O4/c19-13(9-4-6-10(20)7-5-9)14-15(16(26)27)25-17(24-14)28-11-2-1-3-12(8-11)29-18(21,22)23/h1-8,13H,(H,24,25)(H,26,27). The Kier molecular flexibility index (Phi) is 6.04. The van der Waals surface area contributed by atoms with Crippen LogP contribution >= 0.6 is 27.5 Å². The largest absolute Gasteiger partial charge is 0.573 e. The fourth-order valence-corrected chi connectivity index (χ4v) is 3.16. The number of ether oxygens (including phenoxy) is 2. The Hall–Kier alpha value is -2.72. The molecule has 0 radical (unpaired) electrons. The molecular weight excluding hydrogens is 481 g/mol. The number of hydrogen-bond donors (Lipinski definition) is 2. The smallest absolute Gasteiger partial charge is 0.477 e. The zero-order valence-electron chi connectivity index (χ0n) is 14.2. The van der Waals surface area contributed by atoms with Gasteiger partial charge in [0, 0.05) is 11.1 Å². The van der Waals surface area contributed by atoms with Crippen molar-refractivity contribution in [2.24, 2.45) is 0 Å². The summed E-state index contributed by atoms with van der Waals surface area (Å²) in [7, 11) is 0. The molecule has 11 heteroatoms. The van der Waals surface area contributed by atoms with E-state index in [-0.39, 0.29) is 23.1 Å². The average Bonchev–Trinajstić information content (AvgIpc) is 3.05. The maximum Gasteiger partial charge on any atom is 0.573 e. The number of benzene rings is 2. The van der Waals surface area contributed by atoms with Crippen molar-refractivity contribution in [3.63, 3.8) is 0 Å². The van der Waals surface area contributed by atoms with E-state index in [4.69, 9.17) is 16.3 Å². The van der Waals surface area contributed by atoms with Crippen LogP contribution < -0.4 is 9.47 Å². The zero-order valence-corrected chi connectivity index (χ0v) is 16.5. The molecule has 0 spiro atoms. The van der Waals surface area contributed by atoms with Gasteiger partial charge in [-0.2, -0.15) is 4.98 Å². The SMILES string of the molecule is O=C(O)c1[nH]c(Oc2cccc(OC(F)(F)F)c2)nc1C(Br)c1ccc(Cl)cc1. The summed E-state index contributed by atoms with van der Waals surface area (Å²) in [5, 5.41) is 9.96. The summed E-state index contributed by atoms with van der Waals surface area (Å²) >= 11 is 9.25. The number of carbonyl (C=O) groups is 1. The average molecular weight is 492 g/mol. The molecule has 3 aromatic rings. The number of halogens is 5. The lowest BCUT2D eigenvalue weighted by molar-refractivity contribution is -0.274. The molecule has 152 valence electrons. The van der Waals surface area contributed by atoms with Gasteiger partial charge >= 0.3 is 12.3 Å². The summed E-state index contributed by atoms with van der Waals surface area (Å²) in [5.41, 5.74) is 0.576. The third kappa shape index (κ3) is 5.42. The minimum Gasteiger partial charge on any atom is -0.477 e. The summed E-state index contributed by atoms with van der Waals surface area (Å²) in [6.45, 7) is 0. The normalized spacial score (nSPS) is 12.4. The molecule has 0 saturated carbocycles. The van der Waals surface area contributed by atoms with Crippen LogP contribution in [-0.4, -0.2) is 27.4 Å². The molecule has 0 fully saturated rings. The molecule has 3 rings (SSSR count). The molecule has 0 aliphatic carbocycles. The molecule has 0 amide bonds. The molecule has 2 aromatic carbocycles. The lowest BCUT2D eigenvalue weighted by Crippen LogP contribution is -2.17. The lowest BCUT2D eigenvalue weighted by atomic mass is 10.1. The van der Waals surface area contributed by atoms with Crippen molar-refractivity contribution in [1.82, 2.24) is 9.97 Å². The van der Waals surface area contributed by atoms with Gasteiger partial charge in [-0.15, -0.1) is 13.2 Å². The van der Waals surface area contributed by atoms with Crippen molar-refractivity contribution in [2.45, 2.75) is 11.2 Å². The van der Waals surface area contributed by atoms with E-state index in [9.17, 15) is 23.1 Å². The van der Waals surface area contributed by atoms with Crippen molar-refractivity contribution in [3.8, 4) is 17.5 Å².